The van der Waals surface area contributed by atoms with Gasteiger partial charge in [0.15, 0.2) is 0 Å². The first-order chi connectivity index (χ1) is 7.93. The van der Waals surface area contributed by atoms with Crippen LogP contribution >= 0.6 is 15.9 Å². The molecule has 1 rings (SSSR count). The van der Waals surface area contributed by atoms with Crippen molar-refractivity contribution < 1.29 is 4.79 Å². The van der Waals surface area contributed by atoms with Crippen molar-refractivity contribution in [3.8, 4) is 0 Å². The Kier molecular flexibility index (Phi) is 4.86. The maximum absolute atomic E-state index is 11.4. The topological polar surface area (TPSA) is 66.9 Å². The van der Waals surface area contributed by atoms with Crippen LogP contribution in [0.2, 0.25) is 0 Å². The molecule has 0 saturated carbocycles. The van der Waals surface area contributed by atoms with Crippen LogP contribution in [-0.2, 0) is 4.79 Å². The number of anilines is 1. The molecule has 0 bridgehead atoms. The number of halogens is 1. The molecule has 1 aromatic heterocycles. The lowest BCUT2D eigenvalue weighted by atomic mass is 10.2. The lowest BCUT2D eigenvalue weighted by molar-refractivity contribution is -0.121. The highest BCUT2D eigenvalue weighted by Crippen LogP contribution is 2.17. The molecule has 1 heterocycles. The quantitative estimate of drug-likeness (QED) is 0.834. The van der Waals surface area contributed by atoms with Crippen LogP contribution in [0.25, 0.3) is 0 Å². The van der Waals surface area contributed by atoms with Gasteiger partial charge < -0.3 is 10.6 Å². The standard InChI is InChI=1S/C11H17BrN4O/c1-6(2)10-15-8(12)5-9(16-10)14-7(3)11(17)13-4/h5-7H,1-4H3,(H,13,17)(H,14,15,16). The molecule has 1 aromatic rings. The smallest absolute Gasteiger partial charge is 0.241 e. The third kappa shape index (κ3) is 3.96. The number of likely N-dealkylation sites (N-methyl/N-ethyl adjacent to an activating group) is 1. The largest absolute Gasteiger partial charge is 0.358 e. The summed E-state index contributed by atoms with van der Waals surface area (Å²) in [5, 5.41) is 5.62. The fourth-order valence-corrected chi connectivity index (χ4v) is 1.67. The van der Waals surface area contributed by atoms with E-state index in [-0.39, 0.29) is 17.9 Å². The van der Waals surface area contributed by atoms with E-state index >= 15 is 0 Å². The van der Waals surface area contributed by atoms with Gasteiger partial charge in [-0.3, -0.25) is 4.79 Å². The average Bonchev–Trinajstić information content (AvgIpc) is 2.26. The van der Waals surface area contributed by atoms with Crippen LogP contribution in [0, 0.1) is 0 Å². The molecule has 94 valence electrons. The first-order valence-electron chi connectivity index (χ1n) is 5.46. The third-order valence-corrected chi connectivity index (χ3v) is 2.64. The Bertz CT molecular complexity index is 408. The van der Waals surface area contributed by atoms with Crippen molar-refractivity contribution in [1.29, 1.82) is 0 Å². The third-order valence-electron chi connectivity index (χ3n) is 2.23. The van der Waals surface area contributed by atoms with Crippen molar-refractivity contribution in [2.75, 3.05) is 12.4 Å². The van der Waals surface area contributed by atoms with Crippen LogP contribution in [0.3, 0.4) is 0 Å². The monoisotopic (exact) mass is 300 g/mol. The van der Waals surface area contributed by atoms with Gasteiger partial charge in [0, 0.05) is 19.0 Å². The summed E-state index contributed by atoms with van der Waals surface area (Å²) in [6, 6.07) is 1.42. The summed E-state index contributed by atoms with van der Waals surface area (Å²) in [4.78, 5) is 20.0. The number of nitrogens with one attached hydrogen (secondary N) is 2. The summed E-state index contributed by atoms with van der Waals surface area (Å²) >= 11 is 3.33. The number of amides is 1. The molecule has 0 aromatic carbocycles. The van der Waals surface area contributed by atoms with Crippen LogP contribution in [-0.4, -0.2) is 29.0 Å². The number of hydrogen-bond donors (Lipinski definition) is 2. The normalized spacial score (nSPS) is 12.4. The molecule has 1 unspecified atom stereocenters. The first kappa shape index (κ1) is 13.9. The highest BCUT2D eigenvalue weighted by atomic mass is 79.9. The van der Waals surface area contributed by atoms with Crippen LogP contribution < -0.4 is 10.6 Å². The Morgan fingerprint density at radius 2 is 2.00 bits per heavy atom. The summed E-state index contributed by atoms with van der Waals surface area (Å²) in [5.41, 5.74) is 0. The molecule has 0 saturated heterocycles. The minimum Gasteiger partial charge on any atom is -0.358 e. The summed E-state index contributed by atoms with van der Waals surface area (Å²) < 4.78 is 0.711. The fraction of sp³-hybridized carbons (Fsp3) is 0.545. The number of aromatic nitrogens is 2. The van der Waals surface area contributed by atoms with E-state index in [1.54, 1.807) is 20.0 Å². The second-order valence-corrected chi connectivity index (χ2v) is 4.88. The van der Waals surface area contributed by atoms with E-state index in [1.807, 2.05) is 13.8 Å². The van der Waals surface area contributed by atoms with Crippen molar-refractivity contribution in [2.45, 2.75) is 32.7 Å². The zero-order chi connectivity index (χ0) is 13.0. The first-order valence-corrected chi connectivity index (χ1v) is 6.26. The molecule has 5 nitrogen and oxygen atoms in total. The van der Waals surface area contributed by atoms with E-state index < -0.39 is 0 Å². The van der Waals surface area contributed by atoms with Crippen molar-refractivity contribution in [1.82, 2.24) is 15.3 Å². The molecule has 0 aliphatic carbocycles. The van der Waals surface area contributed by atoms with Crippen molar-refractivity contribution >= 4 is 27.7 Å². The lowest BCUT2D eigenvalue weighted by Crippen LogP contribution is -2.35. The SMILES string of the molecule is CNC(=O)C(C)Nc1cc(Br)nc(C(C)C)n1. The molecule has 0 aliphatic heterocycles. The molecule has 0 aliphatic rings. The highest BCUT2D eigenvalue weighted by Gasteiger charge is 2.13. The predicted molar refractivity (Wildman–Crippen MR) is 71.0 cm³/mol. The Morgan fingerprint density at radius 1 is 1.35 bits per heavy atom. The van der Waals surface area contributed by atoms with Gasteiger partial charge in [0.05, 0.1) is 0 Å². The van der Waals surface area contributed by atoms with Gasteiger partial charge in [0.25, 0.3) is 0 Å². The summed E-state index contributed by atoms with van der Waals surface area (Å²) in [7, 11) is 1.61. The molecule has 17 heavy (non-hydrogen) atoms. The van der Waals surface area contributed by atoms with Gasteiger partial charge >= 0.3 is 0 Å². The Hall–Kier alpha value is -1.17. The molecule has 1 amide bonds. The van der Waals surface area contributed by atoms with E-state index in [2.05, 4.69) is 36.5 Å². The van der Waals surface area contributed by atoms with Gasteiger partial charge in [-0.25, -0.2) is 9.97 Å². The minimum atomic E-state index is -0.332. The number of rotatable bonds is 4. The van der Waals surface area contributed by atoms with Crippen LogP contribution in [0.15, 0.2) is 10.7 Å². The van der Waals surface area contributed by atoms with Gasteiger partial charge in [-0.2, -0.15) is 0 Å². The van der Waals surface area contributed by atoms with Gasteiger partial charge in [0.1, 0.15) is 22.3 Å². The van der Waals surface area contributed by atoms with E-state index in [0.717, 1.165) is 5.82 Å². The molecule has 6 heteroatoms. The van der Waals surface area contributed by atoms with Crippen molar-refractivity contribution in [2.24, 2.45) is 0 Å². The number of carbonyl (C=O) groups is 1. The second kappa shape index (κ2) is 5.95. The maximum atomic E-state index is 11.4. The fourth-order valence-electron chi connectivity index (χ4n) is 1.27. The average molecular weight is 301 g/mol. The van der Waals surface area contributed by atoms with E-state index in [4.69, 9.17) is 0 Å². The van der Waals surface area contributed by atoms with Gasteiger partial charge in [-0.05, 0) is 22.9 Å². The number of nitrogens with zero attached hydrogens (tertiary/aromatic N) is 2. The zero-order valence-corrected chi connectivity index (χ0v) is 12.0. The number of hydrogen-bond acceptors (Lipinski definition) is 4. The molecule has 0 fully saturated rings. The Balaban J connectivity index is 2.87. The van der Waals surface area contributed by atoms with Gasteiger partial charge in [0.2, 0.25) is 5.91 Å². The zero-order valence-electron chi connectivity index (χ0n) is 10.4. The maximum Gasteiger partial charge on any atom is 0.241 e. The minimum absolute atomic E-state index is 0.0779. The molecule has 2 N–H and O–H groups in total. The summed E-state index contributed by atoms with van der Waals surface area (Å²) in [6.07, 6.45) is 0. The number of carbonyl (C=O) groups excluding carboxylic acids is 1. The highest BCUT2D eigenvalue weighted by molar-refractivity contribution is 9.10. The molecule has 0 spiro atoms. The molecular formula is C11H17BrN4O. The second-order valence-electron chi connectivity index (χ2n) is 4.07. The molecule has 0 radical (unpaired) electrons. The van der Waals surface area contributed by atoms with Crippen LogP contribution in [0.5, 0.6) is 0 Å². The van der Waals surface area contributed by atoms with E-state index in [1.165, 1.54) is 0 Å². The molecular weight excluding hydrogens is 284 g/mol. The Labute approximate surface area is 110 Å². The van der Waals surface area contributed by atoms with Crippen molar-refractivity contribution in [3.63, 3.8) is 0 Å². The van der Waals surface area contributed by atoms with E-state index in [0.29, 0.717) is 10.4 Å². The van der Waals surface area contributed by atoms with Crippen LogP contribution in [0.4, 0.5) is 5.82 Å². The predicted octanol–water partition coefficient (Wildman–Crippen LogP) is 1.91. The van der Waals surface area contributed by atoms with Gasteiger partial charge in [-0.15, -0.1) is 0 Å². The van der Waals surface area contributed by atoms with Crippen molar-refractivity contribution in [3.05, 3.63) is 16.5 Å². The summed E-state index contributed by atoms with van der Waals surface area (Å²) in [6.45, 7) is 5.82. The summed E-state index contributed by atoms with van der Waals surface area (Å²) in [5.74, 6) is 1.55. The van der Waals surface area contributed by atoms with Crippen LogP contribution in [0.1, 0.15) is 32.5 Å². The van der Waals surface area contributed by atoms with Gasteiger partial charge in [-0.1, -0.05) is 13.8 Å². The van der Waals surface area contributed by atoms with E-state index in [9.17, 15) is 4.79 Å². The lowest BCUT2D eigenvalue weighted by Gasteiger charge is -2.14. The Morgan fingerprint density at radius 3 is 2.53 bits per heavy atom. The molecule has 1 atom stereocenters.